The van der Waals surface area contributed by atoms with Crippen LogP contribution in [0.15, 0.2) is 54.1 Å². The molecule has 0 unspecified atom stereocenters. The first-order valence-corrected chi connectivity index (χ1v) is 10.1. The van der Waals surface area contributed by atoms with Crippen LogP contribution in [0.25, 0.3) is 5.76 Å². The second-order valence-electron chi connectivity index (χ2n) is 7.67. The van der Waals surface area contributed by atoms with Crippen molar-refractivity contribution in [2.75, 3.05) is 13.2 Å². The maximum atomic E-state index is 12.9. The Bertz CT molecular complexity index is 1080. The van der Waals surface area contributed by atoms with Gasteiger partial charge in [-0.15, -0.1) is 0 Å². The molecule has 168 valence electrons. The number of phenolic OH excluding ortho intramolecular Hbond substituents is 1. The fourth-order valence-electron chi connectivity index (χ4n) is 3.63. The number of aromatic hydroxyl groups is 1. The number of rotatable bonds is 8. The van der Waals surface area contributed by atoms with Gasteiger partial charge in [0, 0.05) is 30.8 Å². The molecule has 1 atom stereocenters. The molecule has 1 saturated heterocycles. The number of phenols is 1. The molecule has 9 heteroatoms. The van der Waals surface area contributed by atoms with E-state index in [1.165, 1.54) is 35.2 Å². The van der Waals surface area contributed by atoms with Crippen LogP contribution in [0.3, 0.4) is 0 Å². The van der Waals surface area contributed by atoms with Crippen LogP contribution in [0.4, 0.5) is 5.69 Å². The number of aliphatic hydroxyl groups is 1. The fraction of sp³-hybridized carbons (Fsp3) is 0.304. The van der Waals surface area contributed by atoms with Gasteiger partial charge in [-0.2, -0.15) is 0 Å². The van der Waals surface area contributed by atoms with E-state index >= 15 is 0 Å². The number of nitrogens with zero attached hydrogens (tertiary/aromatic N) is 2. The lowest BCUT2D eigenvalue weighted by molar-refractivity contribution is -0.384. The fourth-order valence-corrected chi connectivity index (χ4v) is 3.63. The monoisotopic (exact) mass is 440 g/mol. The molecule has 0 aliphatic carbocycles. The van der Waals surface area contributed by atoms with Gasteiger partial charge in [0.25, 0.3) is 17.4 Å². The zero-order chi connectivity index (χ0) is 23.4. The van der Waals surface area contributed by atoms with Gasteiger partial charge in [-0.05, 0) is 38.0 Å². The number of nitro benzene ring substituents is 1. The van der Waals surface area contributed by atoms with Crippen LogP contribution in [0.1, 0.15) is 37.4 Å². The molecule has 9 nitrogen and oxygen atoms in total. The Kier molecular flexibility index (Phi) is 6.89. The van der Waals surface area contributed by atoms with E-state index in [-0.39, 0.29) is 35.2 Å². The summed E-state index contributed by atoms with van der Waals surface area (Å²) in [5.41, 5.74) is 0.0281. The first-order valence-electron chi connectivity index (χ1n) is 10.1. The van der Waals surface area contributed by atoms with Crippen LogP contribution in [0.2, 0.25) is 0 Å². The number of carbonyl (C=O) groups is 2. The van der Waals surface area contributed by atoms with E-state index in [4.69, 9.17) is 4.74 Å². The van der Waals surface area contributed by atoms with E-state index < -0.39 is 28.4 Å². The minimum atomic E-state index is -0.958. The number of carbonyl (C=O) groups excluding carboxylic acids is 2. The number of ether oxygens (including phenoxy) is 1. The second-order valence-corrected chi connectivity index (χ2v) is 7.67. The van der Waals surface area contributed by atoms with Gasteiger partial charge in [0.15, 0.2) is 0 Å². The highest BCUT2D eigenvalue weighted by Crippen LogP contribution is 2.40. The zero-order valence-electron chi connectivity index (χ0n) is 17.7. The molecular weight excluding hydrogens is 416 g/mol. The normalized spacial score (nSPS) is 17.8. The van der Waals surface area contributed by atoms with Gasteiger partial charge in [0.1, 0.15) is 11.5 Å². The summed E-state index contributed by atoms with van der Waals surface area (Å²) in [6.45, 7) is 4.33. The van der Waals surface area contributed by atoms with Crippen molar-refractivity contribution in [3.63, 3.8) is 0 Å². The van der Waals surface area contributed by atoms with Crippen molar-refractivity contribution in [2.24, 2.45) is 0 Å². The Balaban J connectivity index is 2.07. The minimum Gasteiger partial charge on any atom is -0.508 e. The Morgan fingerprint density at radius 1 is 1.19 bits per heavy atom. The van der Waals surface area contributed by atoms with Crippen LogP contribution >= 0.6 is 0 Å². The third-order valence-corrected chi connectivity index (χ3v) is 5.05. The summed E-state index contributed by atoms with van der Waals surface area (Å²) in [6.07, 6.45) is 0.471. The summed E-state index contributed by atoms with van der Waals surface area (Å²) < 4.78 is 5.51. The number of likely N-dealkylation sites (tertiary alicyclic amines) is 1. The maximum absolute atomic E-state index is 12.9. The number of nitro groups is 1. The van der Waals surface area contributed by atoms with Crippen molar-refractivity contribution in [3.05, 3.63) is 75.3 Å². The Labute approximate surface area is 184 Å². The molecule has 0 saturated carbocycles. The molecule has 3 rings (SSSR count). The molecule has 0 spiro atoms. The SMILES string of the molecule is CC(C)OCCCN1C(=O)C(=O)C(=C(O)c2cccc([N+](=O)[O-])c2)[C@H]1c1cccc(O)c1. The van der Waals surface area contributed by atoms with Gasteiger partial charge in [0.05, 0.1) is 22.6 Å². The first-order chi connectivity index (χ1) is 15.2. The maximum Gasteiger partial charge on any atom is 0.295 e. The van der Waals surface area contributed by atoms with Crippen LogP contribution in [0, 0.1) is 10.1 Å². The highest BCUT2D eigenvalue weighted by Gasteiger charge is 2.46. The third kappa shape index (κ3) is 4.78. The van der Waals surface area contributed by atoms with Crippen LogP contribution < -0.4 is 0 Å². The Hall–Kier alpha value is -3.72. The van der Waals surface area contributed by atoms with Gasteiger partial charge in [-0.1, -0.05) is 24.3 Å². The number of hydrogen-bond donors (Lipinski definition) is 2. The molecule has 32 heavy (non-hydrogen) atoms. The average molecular weight is 440 g/mol. The largest absolute Gasteiger partial charge is 0.508 e. The second kappa shape index (κ2) is 9.61. The summed E-state index contributed by atoms with van der Waals surface area (Å²) in [5, 5.41) is 32.0. The van der Waals surface area contributed by atoms with Crippen LogP contribution in [0.5, 0.6) is 5.75 Å². The quantitative estimate of drug-likeness (QED) is 0.160. The molecule has 1 heterocycles. The van der Waals surface area contributed by atoms with Gasteiger partial charge in [-0.3, -0.25) is 19.7 Å². The van der Waals surface area contributed by atoms with Gasteiger partial charge in [-0.25, -0.2) is 0 Å². The van der Waals surface area contributed by atoms with Crippen molar-refractivity contribution in [1.82, 2.24) is 4.90 Å². The van der Waals surface area contributed by atoms with Crippen LogP contribution in [-0.4, -0.2) is 51.0 Å². The molecule has 2 aromatic rings. The summed E-state index contributed by atoms with van der Waals surface area (Å²) in [4.78, 5) is 37.6. The van der Waals surface area contributed by atoms with E-state index in [1.54, 1.807) is 12.1 Å². The summed E-state index contributed by atoms with van der Waals surface area (Å²) in [7, 11) is 0. The van der Waals surface area contributed by atoms with E-state index in [9.17, 15) is 29.9 Å². The predicted molar refractivity (Wildman–Crippen MR) is 116 cm³/mol. The first kappa shape index (κ1) is 23.0. The number of aliphatic hydroxyl groups excluding tert-OH is 1. The molecular formula is C23H24N2O7. The van der Waals surface area contributed by atoms with E-state index in [0.29, 0.717) is 18.6 Å². The minimum absolute atomic E-state index is 0.0150. The van der Waals surface area contributed by atoms with Gasteiger partial charge in [0.2, 0.25) is 0 Å². The number of amides is 1. The topological polar surface area (TPSA) is 130 Å². The van der Waals surface area contributed by atoms with Crippen molar-refractivity contribution >= 4 is 23.1 Å². The third-order valence-electron chi connectivity index (χ3n) is 5.05. The molecule has 1 aliphatic heterocycles. The van der Waals surface area contributed by atoms with Gasteiger partial charge >= 0.3 is 0 Å². The molecule has 1 amide bonds. The lowest BCUT2D eigenvalue weighted by Gasteiger charge is -2.25. The predicted octanol–water partition coefficient (Wildman–Crippen LogP) is 3.54. The number of non-ortho nitro benzene ring substituents is 1. The zero-order valence-corrected chi connectivity index (χ0v) is 17.7. The summed E-state index contributed by atoms with van der Waals surface area (Å²) >= 11 is 0. The molecule has 1 aliphatic rings. The van der Waals surface area contributed by atoms with E-state index in [2.05, 4.69) is 0 Å². The summed E-state index contributed by atoms with van der Waals surface area (Å²) in [6, 6.07) is 10.3. The molecule has 0 aromatic heterocycles. The van der Waals surface area contributed by atoms with Gasteiger partial charge < -0.3 is 19.8 Å². The highest BCUT2D eigenvalue weighted by molar-refractivity contribution is 6.46. The number of hydrogen-bond acceptors (Lipinski definition) is 7. The standard InChI is InChI=1S/C23H24N2O7/c1-14(2)32-11-5-10-24-20(15-6-4-9-18(26)13-15)19(22(28)23(24)29)21(27)16-7-3-8-17(12-16)25(30)31/h3-4,6-9,12-14,20,26-27H,5,10-11H2,1-2H3/t20-/m1/s1. The van der Waals surface area contributed by atoms with Crippen molar-refractivity contribution in [1.29, 1.82) is 0 Å². The Morgan fingerprint density at radius 3 is 2.56 bits per heavy atom. The van der Waals surface area contributed by atoms with E-state index in [1.807, 2.05) is 13.8 Å². The lowest BCUT2D eigenvalue weighted by atomic mass is 9.95. The summed E-state index contributed by atoms with van der Waals surface area (Å²) in [5.74, 6) is -2.27. The van der Waals surface area contributed by atoms with E-state index in [0.717, 1.165) is 6.07 Å². The number of benzene rings is 2. The lowest BCUT2D eigenvalue weighted by Crippen LogP contribution is -2.31. The molecule has 1 fully saturated rings. The van der Waals surface area contributed by atoms with Crippen LogP contribution in [-0.2, 0) is 14.3 Å². The molecule has 2 N–H and O–H groups in total. The Morgan fingerprint density at radius 2 is 1.91 bits per heavy atom. The van der Waals surface area contributed by atoms with Crippen molar-refractivity contribution in [3.8, 4) is 5.75 Å². The highest BCUT2D eigenvalue weighted by atomic mass is 16.6. The molecule has 0 bridgehead atoms. The smallest absolute Gasteiger partial charge is 0.295 e. The van der Waals surface area contributed by atoms with Crippen molar-refractivity contribution < 1.29 is 29.5 Å². The molecule has 2 aromatic carbocycles. The number of Topliss-reactive ketones (excluding diaryl/α,β-unsaturated/α-hetero) is 1. The average Bonchev–Trinajstić information content (AvgIpc) is 3.01. The number of ketones is 1. The molecule has 0 radical (unpaired) electrons. The van der Waals surface area contributed by atoms with Crippen molar-refractivity contribution in [2.45, 2.75) is 32.4 Å².